The van der Waals surface area contributed by atoms with Gasteiger partial charge in [0.1, 0.15) is 6.33 Å². The largest absolute Gasteiger partial charge is 0.374 e. The number of hydrogen-bond acceptors (Lipinski definition) is 6. The second-order valence-corrected chi connectivity index (χ2v) is 9.41. The Morgan fingerprint density at radius 3 is 2.86 bits per heavy atom. The fraction of sp³-hybridized carbons (Fsp3) is 0.280. The lowest BCUT2D eigenvalue weighted by atomic mass is 10.1. The zero-order chi connectivity index (χ0) is 24.8. The number of aromatic nitrogens is 6. The Labute approximate surface area is 222 Å². The first-order valence-electron chi connectivity index (χ1n) is 11.7. The summed E-state index contributed by atoms with van der Waals surface area (Å²) in [6.07, 6.45) is 6.88. The minimum atomic E-state index is -0.377. The van der Waals surface area contributed by atoms with Crippen LogP contribution in [0.2, 0.25) is 5.02 Å². The van der Waals surface area contributed by atoms with Gasteiger partial charge < -0.3 is 19.2 Å². The van der Waals surface area contributed by atoms with Gasteiger partial charge in [0.05, 0.1) is 42.5 Å². The Morgan fingerprint density at radius 1 is 1.19 bits per heavy atom. The number of benzene rings is 1. The minimum absolute atomic E-state index is 0. The molecule has 0 unspecified atom stereocenters. The molecule has 1 aliphatic rings. The van der Waals surface area contributed by atoms with Crippen molar-refractivity contribution in [2.45, 2.75) is 19.2 Å². The summed E-state index contributed by atoms with van der Waals surface area (Å²) in [5.74, 6) is 0. The van der Waals surface area contributed by atoms with Crippen LogP contribution in [0.25, 0.3) is 27.7 Å². The Hall–Kier alpha value is -3.44. The van der Waals surface area contributed by atoms with Crippen LogP contribution >= 0.6 is 24.0 Å². The van der Waals surface area contributed by atoms with E-state index in [9.17, 15) is 9.59 Å². The Kier molecular flexibility index (Phi) is 6.91. The highest BCUT2D eigenvalue weighted by Gasteiger charge is 2.19. The van der Waals surface area contributed by atoms with Crippen molar-refractivity contribution in [3.63, 3.8) is 0 Å². The van der Waals surface area contributed by atoms with Gasteiger partial charge >= 0.3 is 5.69 Å². The van der Waals surface area contributed by atoms with Crippen molar-refractivity contribution < 1.29 is 4.74 Å². The molecule has 10 nitrogen and oxygen atoms in total. The van der Waals surface area contributed by atoms with Gasteiger partial charge in [-0.05, 0) is 29.8 Å². The number of morpholine rings is 1. The third-order valence-electron chi connectivity index (χ3n) is 6.53. The van der Waals surface area contributed by atoms with Crippen molar-refractivity contribution in [1.29, 1.82) is 0 Å². The van der Waals surface area contributed by atoms with E-state index in [1.165, 1.54) is 27.7 Å². The predicted molar refractivity (Wildman–Crippen MR) is 144 cm³/mol. The fourth-order valence-electron chi connectivity index (χ4n) is 4.82. The molecule has 5 aromatic rings. The van der Waals surface area contributed by atoms with E-state index in [2.05, 4.69) is 20.0 Å². The molecule has 12 heteroatoms. The molecular weight excluding hydrogens is 517 g/mol. The lowest BCUT2D eigenvalue weighted by Gasteiger charge is -2.24. The van der Waals surface area contributed by atoms with Gasteiger partial charge in [0.15, 0.2) is 0 Å². The van der Waals surface area contributed by atoms with Crippen LogP contribution in [0, 0.1) is 0 Å². The second kappa shape index (κ2) is 10.1. The van der Waals surface area contributed by atoms with Crippen molar-refractivity contribution in [2.24, 2.45) is 7.05 Å². The summed E-state index contributed by atoms with van der Waals surface area (Å²) >= 11 is 6.52. The molecule has 192 valence electrons. The molecule has 0 saturated carbocycles. The molecule has 6 rings (SSSR count). The van der Waals surface area contributed by atoms with Crippen LogP contribution in [0.15, 0.2) is 64.8 Å². The summed E-state index contributed by atoms with van der Waals surface area (Å²) in [6, 6.07) is 9.18. The number of rotatable bonds is 5. The van der Waals surface area contributed by atoms with E-state index in [1.807, 2.05) is 36.7 Å². The molecule has 4 aromatic heterocycles. The zero-order valence-electron chi connectivity index (χ0n) is 20.0. The summed E-state index contributed by atoms with van der Waals surface area (Å²) in [6.45, 7) is 3.16. The average Bonchev–Trinajstić information content (AvgIpc) is 3.48. The number of ether oxygens (including phenoxy) is 1. The van der Waals surface area contributed by atoms with Crippen LogP contribution < -0.4 is 16.6 Å². The Balaban J connectivity index is 0.00000280. The molecule has 5 heterocycles. The highest BCUT2D eigenvalue weighted by Crippen LogP contribution is 2.34. The summed E-state index contributed by atoms with van der Waals surface area (Å²) in [5, 5.41) is 9.35. The number of hydrogen-bond donors (Lipinski definition) is 1. The van der Waals surface area contributed by atoms with Crippen LogP contribution in [-0.4, -0.2) is 54.1 Å². The molecule has 0 amide bonds. The van der Waals surface area contributed by atoms with Crippen molar-refractivity contribution >= 4 is 40.4 Å². The first kappa shape index (κ1) is 25.2. The maximum atomic E-state index is 12.5. The lowest BCUT2D eigenvalue weighted by Crippen LogP contribution is -2.40. The van der Waals surface area contributed by atoms with E-state index in [0.29, 0.717) is 23.9 Å². The van der Waals surface area contributed by atoms with Gasteiger partial charge in [-0.2, -0.15) is 5.10 Å². The van der Waals surface area contributed by atoms with Crippen molar-refractivity contribution in [3.05, 3.63) is 86.7 Å². The Bertz CT molecular complexity index is 1710. The van der Waals surface area contributed by atoms with E-state index >= 15 is 0 Å². The van der Waals surface area contributed by atoms with Crippen molar-refractivity contribution in [3.8, 4) is 11.3 Å². The maximum absolute atomic E-state index is 12.5. The quantitative estimate of drug-likeness (QED) is 0.366. The zero-order valence-corrected chi connectivity index (χ0v) is 21.6. The molecule has 1 atom stereocenters. The fourth-order valence-corrected chi connectivity index (χ4v) is 5.05. The summed E-state index contributed by atoms with van der Waals surface area (Å²) in [5.41, 5.74) is 3.37. The smallest absolute Gasteiger partial charge is 0.331 e. The van der Waals surface area contributed by atoms with Crippen molar-refractivity contribution in [1.82, 2.24) is 33.6 Å². The van der Waals surface area contributed by atoms with Gasteiger partial charge in [-0.1, -0.05) is 11.6 Å². The topological polar surface area (TPSA) is 100 Å². The molecule has 0 aliphatic carbocycles. The molecule has 0 radical (unpaired) electrons. The standard InChI is InChI=1S/C25H24ClN7O3.ClH/c1-30-5-3-22(34)32(25(30)35)12-16-8-21-23(28-15-29-33(21)13-16)20-10-18(26)9-17-2-6-31(24(17)20)14-19-11-27-4-7-36-19;/h2-3,5-6,8-10,13,15,19,27H,4,7,11-12,14H2,1H3;1H/t19-;/m0./s1. The third-order valence-corrected chi connectivity index (χ3v) is 6.75. The summed E-state index contributed by atoms with van der Waals surface area (Å²) < 4.78 is 12.4. The van der Waals surface area contributed by atoms with Crippen LogP contribution in [0.5, 0.6) is 0 Å². The van der Waals surface area contributed by atoms with E-state index < -0.39 is 0 Å². The van der Waals surface area contributed by atoms with E-state index in [1.54, 1.807) is 11.6 Å². The van der Waals surface area contributed by atoms with Gasteiger partial charge in [0, 0.05) is 60.8 Å². The molecule has 37 heavy (non-hydrogen) atoms. The first-order valence-corrected chi connectivity index (χ1v) is 12.1. The molecule has 1 N–H and O–H groups in total. The number of halogens is 2. The van der Waals surface area contributed by atoms with Gasteiger partial charge in [-0.15, -0.1) is 12.4 Å². The van der Waals surface area contributed by atoms with Gasteiger partial charge in [-0.25, -0.2) is 14.3 Å². The van der Waals surface area contributed by atoms with Crippen LogP contribution in [0.4, 0.5) is 0 Å². The molecule has 0 spiro atoms. The summed E-state index contributed by atoms with van der Waals surface area (Å²) in [7, 11) is 1.62. The Morgan fingerprint density at radius 2 is 2.05 bits per heavy atom. The van der Waals surface area contributed by atoms with E-state index in [-0.39, 0.29) is 36.3 Å². The number of aryl methyl sites for hydroxylation is 1. The lowest BCUT2D eigenvalue weighted by molar-refractivity contribution is 0.0189. The van der Waals surface area contributed by atoms with Gasteiger partial charge in [0.25, 0.3) is 5.56 Å². The van der Waals surface area contributed by atoms with Gasteiger partial charge in [-0.3, -0.25) is 9.36 Å². The SMILES string of the molecule is Cl.Cn1ccc(=O)n(Cc2cc3c(-c4cc(Cl)cc5ccn(C[C@@H]6CNCCO6)c45)ncnn3c2)c1=O. The molecule has 1 fully saturated rings. The number of fused-ring (bicyclic) bond motifs is 2. The van der Waals surface area contributed by atoms with E-state index in [0.717, 1.165) is 40.6 Å². The van der Waals surface area contributed by atoms with Crippen LogP contribution in [0.3, 0.4) is 0 Å². The van der Waals surface area contributed by atoms with E-state index in [4.69, 9.17) is 16.3 Å². The number of nitrogens with one attached hydrogen (secondary N) is 1. The van der Waals surface area contributed by atoms with Crippen LogP contribution in [-0.2, 0) is 24.9 Å². The summed E-state index contributed by atoms with van der Waals surface area (Å²) in [4.78, 5) is 29.5. The molecule has 1 aliphatic heterocycles. The van der Waals surface area contributed by atoms with Gasteiger partial charge in [0.2, 0.25) is 0 Å². The first-order chi connectivity index (χ1) is 17.5. The van der Waals surface area contributed by atoms with Crippen LogP contribution in [0.1, 0.15) is 5.56 Å². The highest BCUT2D eigenvalue weighted by atomic mass is 35.5. The molecule has 0 bridgehead atoms. The molecular formula is C25H25Cl2N7O3. The average molecular weight is 542 g/mol. The normalized spacial score (nSPS) is 15.8. The van der Waals surface area contributed by atoms with Crippen molar-refractivity contribution in [2.75, 3.05) is 19.7 Å². The number of nitrogens with zero attached hydrogens (tertiary/aromatic N) is 6. The molecule has 1 saturated heterocycles. The molecule has 1 aromatic carbocycles. The monoisotopic (exact) mass is 541 g/mol. The highest BCUT2D eigenvalue weighted by molar-refractivity contribution is 6.32. The predicted octanol–water partition coefficient (Wildman–Crippen LogP) is 2.32. The third kappa shape index (κ3) is 4.69. The second-order valence-electron chi connectivity index (χ2n) is 8.98. The maximum Gasteiger partial charge on any atom is 0.331 e. The minimum Gasteiger partial charge on any atom is -0.374 e.